The number of benzene rings is 1. The number of aromatic nitrogens is 1. The lowest BCUT2D eigenvalue weighted by Crippen LogP contribution is -2.15. The molecule has 1 atom stereocenters. The zero-order valence-corrected chi connectivity index (χ0v) is 13.0. The molecule has 0 aliphatic rings. The number of rotatable bonds is 4. The van der Waals surface area contributed by atoms with Gasteiger partial charge in [0.1, 0.15) is 0 Å². The molecule has 1 heterocycles. The van der Waals surface area contributed by atoms with Gasteiger partial charge < -0.3 is 10.2 Å². The second kappa shape index (κ2) is 6.06. The van der Waals surface area contributed by atoms with Gasteiger partial charge in [0.15, 0.2) is 5.82 Å². The first-order chi connectivity index (χ1) is 9.09. The van der Waals surface area contributed by atoms with Crippen molar-refractivity contribution in [3.8, 4) is 0 Å². The van der Waals surface area contributed by atoms with Crippen LogP contribution in [0.2, 0.25) is 0 Å². The summed E-state index contributed by atoms with van der Waals surface area (Å²) < 4.78 is 1.12. The molecular formula is C15H18BrN3. The monoisotopic (exact) mass is 319 g/mol. The van der Waals surface area contributed by atoms with E-state index in [2.05, 4.69) is 51.4 Å². The molecular weight excluding hydrogens is 302 g/mol. The van der Waals surface area contributed by atoms with Crippen molar-refractivity contribution >= 4 is 27.4 Å². The van der Waals surface area contributed by atoms with Crippen LogP contribution in [0.5, 0.6) is 0 Å². The first-order valence-electron chi connectivity index (χ1n) is 6.23. The summed E-state index contributed by atoms with van der Waals surface area (Å²) in [7, 11) is 3.99. The molecule has 19 heavy (non-hydrogen) atoms. The van der Waals surface area contributed by atoms with Crippen LogP contribution in [0.1, 0.15) is 18.5 Å². The van der Waals surface area contributed by atoms with Crippen molar-refractivity contribution in [3.63, 3.8) is 0 Å². The normalized spacial score (nSPS) is 12.0. The lowest BCUT2D eigenvalue weighted by atomic mass is 10.1. The number of nitrogens with zero attached hydrogens (tertiary/aromatic N) is 2. The standard InChI is InChI=1S/C15H18BrN3/c1-11(12-7-4-5-8-13(12)16)18-14-9-6-10-17-15(14)19(2)3/h4-11,18H,1-3H3. The highest BCUT2D eigenvalue weighted by atomic mass is 79.9. The van der Waals surface area contributed by atoms with Gasteiger partial charge in [0.05, 0.1) is 5.69 Å². The number of hydrogen-bond donors (Lipinski definition) is 1. The molecule has 0 saturated carbocycles. The molecule has 1 aromatic carbocycles. The fourth-order valence-electron chi connectivity index (χ4n) is 2.00. The zero-order chi connectivity index (χ0) is 13.8. The van der Waals surface area contributed by atoms with Gasteiger partial charge in [-0.2, -0.15) is 0 Å². The number of pyridine rings is 1. The summed E-state index contributed by atoms with van der Waals surface area (Å²) in [5.74, 6) is 0.946. The van der Waals surface area contributed by atoms with E-state index in [1.807, 2.05) is 43.4 Å². The highest BCUT2D eigenvalue weighted by molar-refractivity contribution is 9.10. The predicted octanol–water partition coefficient (Wildman–Crippen LogP) is 4.08. The van der Waals surface area contributed by atoms with E-state index in [9.17, 15) is 0 Å². The number of anilines is 2. The van der Waals surface area contributed by atoms with Crippen LogP contribution in [0.4, 0.5) is 11.5 Å². The molecule has 4 heteroatoms. The maximum absolute atomic E-state index is 4.40. The smallest absolute Gasteiger partial charge is 0.151 e. The molecule has 100 valence electrons. The lowest BCUT2D eigenvalue weighted by Gasteiger charge is -2.21. The highest BCUT2D eigenvalue weighted by Crippen LogP contribution is 2.29. The molecule has 0 fully saturated rings. The Labute approximate surface area is 122 Å². The molecule has 3 nitrogen and oxygen atoms in total. The van der Waals surface area contributed by atoms with Crippen molar-refractivity contribution in [3.05, 3.63) is 52.6 Å². The number of halogens is 1. The Balaban J connectivity index is 2.24. The maximum atomic E-state index is 4.40. The number of nitrogens with one attached hydrogen (secondary N) is 1. The lowest BCUT2D eigenvalue weighted by molar-refractivity contribution is 0.874. The molecule has 0 amide bonds. The van der Waals surface area contributed by atoms with Gasteiger partial charge in [0.2, 0.25) is 0 Å². The minimum Gasteiger partial charge on any atom is -0.375 e. The van der Waals surface area contributed by atoms with E-state index in [1.54, 1.807) is 0 Å². The van der Waals surface area contributed by atoms with Gasteiger partial charge in [-0.15, -0.1) is 0 Å². The maximum Gasteiger partial charge on any atom is 0.151 e. The summed E-state index contributed by atoms with van der Waals surface area (Å²) in [6, 6.07) is 12.5. The van der Waals surface area contributed by atoms with E-state index in [-0.39, 0.29) is 6.04 Å². The van der Waals surface area contributed by atoms with E-state index in [0.29, 0.717) is 0 Å². The summed E-state index contributed by atoms with van der Waals surface area (Å²) in [6.45, 7) is 2.15. The summed E-state index contributed by atoms with van der Waals surface area (Å²) >= 11 is 3.59. The summed E-state index contributed by atoms with van der Waals surface area (Å²) in [5, 5.41) is 3.51. The van der Waals surface area contributed by atoms with Crippen LogP contribution >= 0.6 is 15.9 Å². The topological polar surface area (TPSA) is 28.2 Å². The molecule has 0 radical (unpaired) electrons. The van der Waals surface area contributed by atoms with Crippen molar-refractivity contribution in [1.29, 1.82) is 0 Å². The average molecular weight is 320 g/mol. The molecule has 0 aliphatic heterocycles. The van der Waals surface area contributed by atoms with Crippen LogP contribution in [-0.2, 0) is 0 Å². The van der Waals surface area contributed by atoms with E-state index >= 15 is 0 Å². The molecule has 1 unspecified atom stereocenters. The van der Waals surface area contributed by atoms with Crippen LogP contribution in [0, 0.1) is 0 Å². The van der Waals surface area contributed by atoms with Crippen molar-refractivity contribution in [1.82, 2.24) is 4.98 Å². The summed E-state index contributed by atoms with van der Waals surface area (Å²) in [4.78, 5) is 6.41. The van der Waals surface area contributed by atoms with Crippen LogP contribution < -0.4 is 10.2 Å². The molecule has 1 aromatic heterocycles. The Kier molecular flexibility index (Phi) is 4.43. The first-order valence-corrected chi connectivity index (χ1v) is 7.02. The zero-order valence-electron chi connectivity index (χ0n) is 11.4. The quantitative estimate of drug-likeness (QED) is 0.920. The Morgan fingerprint density at radius 3 is 2.58 bits per heavy atom. The summed E-state index contributed by atoms with van der Waals surface area (Å²) in [6.07, 6.45) is 1.81. The Morgan fingerprint density at radius 1 is 1.16 bits per heavy atom. The van der Waals surface area contributed by atoms with E-state index in [1.165, 1.54) is 5.56 Å². The highest BCUT2D eigenvalue weighted by Gasteiger charge is 2.12. The largest absolute Gasteiger partial charge is 0.375 e. The fourth-order valence-corrected chi connectivity index (χ4v) is 2.63. The summed E-state index contributed by atoms with van der Waals surface area (Å²) in [5.41, 5.74) is 2.27. The van der Waals surface area contributed by atoms with E-state index in [0.717, 1.165) is 16.0 Å². The van der Waals surface area contributed by atoms with Crippen molar-refractivity contribution < 1.29 is 0 Å². The van der Waals surface area contributed by atoms with Gasteiger partial charge in [0, 0.05) is 30.8 Å². The predicted molar refractivity (Wildman–Crippen MR) is 84.7 cm³/mol. The minimum atomic E-state index is 0.207. The van der Waals surface area contributed by atoms with E-state index < -0.39 is 0 Å². The Bertz CT molecular complexity index is 555. The second-order valence-corrected chi connectivity index (χ2v) is 5.51. The fraction of sp³-hybridized carbons (Fsp3) is 0.267. The SMILES string of the molecule is CC(Nc1cccnc1N(C)C)c1ccccc1Br. The molecule has 0 spiro atoms. The minimum absolute atomic E-state index is 0.207. The van der Waals surface area contributed by atoms with Crippen LogP contribution in [-0.4, -0.2) is 19.1 Å². The van der Waals surface area contributed by atoms with Crippen molar-refractivity contribution in [2.45, 2.75) is 13.0 Å². The van der Waals surface area contributed by atoms with Crippen LogP contribution in [0.15, 0.2) is 47.1 Å². The molecule has 2 aromatic rings. The van der Waals surface area contributed by atoms with Gasteiger partial charge in [-0.3, -0.25) is 0 Å². The van der Waals surface area contributed by atoms with Gasteiger partial charge in [-0.25, -0.2) is 4.98 Å². The molecule has 1 N–H and O–H groups in total. The van der Waals surface area contributed by atoms with Crippen molar-refractivity contribution in [2.75, 3.05) is 24.3 Å². The van der Waals surface area contributed by atoms with Gasteiger partial charge >= 0.3 is 0 Å². The Hall–Kier alpha value is -1.55. The molecule has 0 bridgehead atoms. The van der Waals surface area contributed by atoms with Gasteiger partial charge in [-0.05, 0) is 30.7 Å². The van der Waals surface area contributed by atoms with Gasteiger partial charge in [0.25, 0.3) is 0 Å². The van der Waals surface area contributed by atoms with Gasteiger partial charge in [-0.1, -0.05) is 34.1 Å². The molecule has 2 rings (SSSR count). The average Bonchev–Trinajstić information content (AvgIpc) is 2.39. The second-order valence-electron chi connectivity index (χ2n) is 4.66. The number of hydrogen-bond acceptors (Lipinski definition) is 3. The van der Waals surface area contributed by atoms with Crippen LogP contribution in [0.3, 0.4) is 0 Å². The van der Waals surface area contributed by atoms with E-state index in [4.69, 9.17) is 0 Å². The molecule has 0 saturated heterocycles. The van der Waals surface area contributed by atoms with Crippen molar-refractivity contribution in [2.24, 2.45) is 0 Å². The first kappa shape index (κ1) is 13.9. The third kappa shape index (κ3) is 3.26. The molecule has 0 aliphatic carbocycles. The third-order valence-corrected chi connectivity index (χ3v) is 3.68. The third-order valence-electron chi connectivity index (χ3n) is 2.95. The Morgan fingerprint density at radius 2 is 1.89 bits per heavy atom. The van der Waals surface area contributed by atoms with Crippen LogP contribution in [0.25, 0.3) is 0 Å².